The van der Waals surface area contributed by atoms with E-state index >= 15 is 0 Å². The van der Waals surface area contributed by atoms with Crippen LogP contribution in [0.15, 0.2) is 4.47 Å². The summed E-state index contributed by atoms with van der Waals surface area (Å²) in [5, 5.41) is 21.2. The van der Waals surface area contributed by atoms with Crippen molar-refractivity contribution in [2.75, 3.05) is 7.11 Å². The number of hydrogen-bond donors (Lipinski definition) is 1. The Morgan fingerprint density at radius 1 is 1.38 bits per heavy atom. The molecular weight excluding hydrogens is 342 g/mol. The number of carboxylic acids is 1. The minimum absolute atomic E-state index is 0.0905. The van der Waals surface area contributed by atoms with Crippen molar-refractivity contribution in [3.63, 3.8) is 0 Å². The Labute approximate surface area is 129 Å². The van der Waals surface area contributed by atoms with Crippen molar-refractivity contribution in [3.8, 4) is 0 Å². The van der Waals surface area contributed by atoms with Gasteiger partial charge in [0.05, 0.1) is 34.7 Å². The van der Waals surface area contributed by atoms with Gasteiger partial charge in [0.15, 0.2) is 5.69 Å². The summed E-state index contributed by atoms with van der Waals surface area (Å²) < 4.78 is 9.31. The zero-order chi connectivity index (χ0) is 15.6. The van der Waals surface area contributed by atoms with E-state index in [2.05, 4.69) is 31.3 Å². The highest BCUT2D eigenvalue weighted by molar-refractivity contribution is 9.10. The van der Waals surface area contributed by atoms with Crippen molar-refractivity contribution < 1.29 is 14.6 Å². The zero-order valence-corrected chi connectivity index (χ0v) is 13.6. The molecule has 114 valence electrons. The van der Waals surface area contributed by atoms with Gasteiger partial charge < -0.3 is 9.84 Å². The molecule has 0 unspecified atom stereocenters. The number of halogens is 1. The van der Waals surface area contributed by atoms with Gasteiger partial charge in [-0.2, -0.15) is 5.10 Å². The summed E-state index contributed by atoms with van der Waals surface area (Å²) in [4.78, 5) is 11.2. The van der Waals surface area contributed by atoms with Crippen LogP contribution in [-0.4, -0.2) is 43.0 Å². The fraction of sp³-hybridized carbons (Fsp3) is 0.500. The molecule has 0 bridgehead atoms. The van der Waals surface area contributed by atoms with Gasteiger partial charge in [-0.15, -0.1) is 5.10 Å². The van der Waals surface area contributed by atoms with E-state index in [1.807, 2.05) is 18.5 Å². The smallest absolute Gasteiger partial charge is 0.358 e. The lowest BCUT2D eigenvalue weighted by Gasteiger charge is -2.08. The number of nitrogens with zero attached hydrogens (tertiary/aromatic N) is 5. The summed E-state index contributed by atoms with van der Waals surface area (Å²) in [6.45, 7) is 5.10. The van der Waals surface area contributed by atoms with Crippen LogP contribution in [0.3, 0.4) is 0 Å². The molecule has 0 aromatic carbocycles. The molecule has 8 nitrogen and oxygen atoms in total. The van der Waals surface area contributed by atoms with Crippen molar-refractivity contribution in [2.45, 2.75) is 33.5 Å². The van der Waals surface area contributed by atoms with Gasteiger partial charge in [0.1, 0.15) is 0 Å². The molecule has 0 fully saturated rings. The topological polar surface area (TPSA) is 95.1 Å². The minimum atomic E-state index is -1.12. The van der Waals surface area contributed by atoms with Gasteiger partial charge in [-0.05, 0) is 29.8 Å². The first-order valence-corrected chi connectivity index (χ1v) is 7.15. The number of carbonyl (C=O) groups is 1. The number of aromatic nitrogens is 5. The summed E-state index contributed by atoms with van der Waals surface area (Å²) in [5.41, 5.74) is 2.12. The van der Waals surface area contributed by atoms with Gasteiger partial charge in [-0.25, -0.2) is 9.48 Å². The largest absolute Gasteiger partial charge is 0.476 e. The Balaban J connectivity index is 2.42. The molecule has 0 aliphatic carbocycles. The summed E-state index contributed by atoms with van der Waals surface area (Å²) in [7, 11) is 1.50. The Hall–Kier alpha value is -1.74. The quantitative estimate of drug-likeness (QED) is 0.840. The first kappa shape index (κ1) is 15.6. The lowest BCUT2D eigenvalue weighted by atomic mass is 10.3. The third kappa shape index (κ3) is 2.98. The van der Waals surface area contributed by atoms with Crippen LogP contribution in [-0.2, 0) is 24.4 Å². The van der Waals surface area contributed by atoms with Crippen LogP contribution >= 0.6 is 15.9 Å². The van der Waals surface area contributed by atoms with Crippen molar-refractivity contribution in [2.24, 2.45) is 0 Å². The highest BCUT2D eigenvalue weighted by Crippen LogP contribution is 2.22. The Morgan fingerprint density at radius 2 is 2.10 bits per heavy atom. The van der Waals surface area contributed by atoms with Gasteiger partial charge >= 0.3 is 5.97 Å². The van der Waals surface area contributed by atoms with E-state index in [4.69, 9.17) is 9.84 Å². The summed E-state index contributed by atoms with van der Waals surface area (Å²) in [6, 6.07) is 0. The minimum Gasteiger partial charge on any atom is -0.476 e. The lowest BCUT2D eigenvalue weighted by Crippen LogP contribution is -2.13. The highest BCUT2D eigenvalue weighted by Gasteiger charge is 2.21. The van der Waals surface area contributed by atoms with Crippen LogP contribution in [0.1, 0.15) is 34.5 Å². The second-order valence-corrected chi connectivity index (χ2v) is 5.24. The van der Waals surface area contributed by atoms with Crippen LogP contribution in [0.4, 0.5) is 0 Å². The van der Waals surface area contributed by atoms with Crippen LogP contribution in [0, 0.1) is 6.92 Å². The molecule has 9 heteroatoms. The maximum absolute atomic E-state index is 11.2. The van der Waals surface area contributed by atoms with Gasteiger partial charge in [0.25, 0.3) is 0 Å². The second-order valence-electron chi connectivity index (χ2n) is 4.44. The van der Waals surface area contributed by atoms with Crippen molar-refractivity contribution >= 4 is 21.9 Å². The lowest BCUT2D eigenvalue weighted by molar-refractivity contribution is 0.0684. The first-order valence-electron chi connectivity index (χ1n) is 6.35. The second kappa shape index (κ2) is 6.35. The Morgan fingerprint density at radius 3 is 2.67 bits per heavy atom. The molecule has 2 aromatic rings. The van der Waals surface area contributed by atoms with Crippen LogP contribution in [0.2, 0.25) is 0 Å². The van der Waals surface area contributed by atoms with Crippen LogP contribution in [0.5, 0.6) is 0 Å². The maximum atomic E-state index is 11.2. The van der Waals surface area contributed by atoms with Gasteiger partial charge in [0, 0.05) is 13.7 Å². The SMILES string of the molecule is CCn1nc(C)c(Br)c1Cn1nnc(C(=O)O)c1COC. The predicted molar refractivity (Wildman–Crippen MR) is 77.1 cm³/mol. The molecule has 0 aliphatic rings. The standard InChI is InChI=1S/C12H16BrN5O3/c1-4-17-8(10(13)7(2)15-17)5-18-9(6-21-3)11(12(19)20)14-16-18/h4-6H2,1-3H3,(H,19,20). The van der Waals surface area contributed by atoms with E-state index in [1.165, 1.54) is 11.8 Å². The van der Waals surface area contributed by atoms with Gasteiger partial charge in [0.2, 0.25) is 0 Å². The van der Waals surface area contributed by atoms with Crippen LogP contribution < -0.4 is 0 Å². The molecule has 0 saturated heterocycles. The van der Waals surface area contributed by atoms with E-state index in [0.717, 1.165) is 15.9 Å². The zero-order valence-electron chi connectivity index (χ0n) is 12.0. The summed E-state index contributed by atoms with van der Waals surface area (Å²) >= 11 is 3.51. The molecule has 2 rings (SSSR count). The normalized spacial score (nSPS) is 11.0. The first-order chi connectivity index (χ1) is 9.99. The maximum Gasteiger partial charge on any atom is 0.358 e. The molecule has 2 aromatic heterocycles. The molecule has 0 aliphatic heterocycles. The third-order valence-electron chi connectivity index (χ3n) is 3.07. The summed E-state index contributed by atoms with van der Waals surface area (Å²) in [6.07, 6.45) is 0. The van der Waals surface area contributed by atoms with E-state index < -0.39 is 5.97 Å². The van der Waals surface area contributed by atoms with Crippen molar-refractivity contribution in [1.29, 1.82) is 0 Å². The van der Waals surface area contributed by atoms with Gasteiger partial charge in [-0.1, -0.05) is 5.21 Å². The Bertz CT molecular complexity index is 664. The number of aryl methyl sites for hydroxylation is 2. The summed E-state index contributed by atoms with van der Waals surface area (Å²) in [5.74, 6) is -1.12. The van der Waals surface area contributed by atoms with E-state index in [0.29, 0.717) is 18.8 Å². The molecule has 0 amide bonds. The molecular formula is C12H16BrN5O3. The van der Waals surface area contributed by atoms with Crippen molar-refractivity contribution in [1.82, 2.24) is 24.8 Å². The molecule has 0 saturated carbocycles. The fourth-order valence-corrected chi connectivity index (χ4v) is 2.48. The number of ether oxygens (including phenoxy) is 1. The van der Waals surface area contributed by atoms with E-state index in [1.54, 1.807) is 0 Å². The third-order valence-corrected chi connectivity index (χ3v) is 4.11. The molecule has 21 heavy (non-hydrogen) atoms. The molecule has 0 spiro atoms. The van der Waals surface area contributed by atoms with E-state index in [-0.39, 0.29) is 12.3 Å². The number of methoxy groups -OCH3 is 1. The van der Waals surface area contributed by atoms with Crippen molar-refractivity contribution in [3.05, 3.63) is 27.2 Å². The predicted octanol–water partition coefficient (Wildman–Crippen LogP) is 1.46. The molecule has 2 heterocycles. The highest BCUT2D eigenvalue weighted by atomic mass is 79.9. The average molecular weight is 358 g/mol. The number of aromatic carboxylic acids is 1. The van der Waals surface area contributed by atoms with Gasteiger partial charge in [-0.3, -0.25) is 4.68 Å². The molecule has 1 N–H and O–H groups in total. The number of rotatable bonds is 6. The number of hydrogen-bond acceptors (Lipinski definition) is 5. The van der Waals surface area contributed by atoms with E-state index in [9.17, 15) is 4.79 Å². The fourth-order valence-electron chi connectivity index (χ4n) is 2.07. The van der Waals surface area contributed by atoms with Crippen LogP contribution in [0.25, 0.3) is 0 Å². The Kier molecular flexibility index (Phi) is 4.73. The molecule has 0 radical (unpaired) electrons. The monoisotopic (exact) mass is 357 g/mol. The average Bonchev–Trinajstić information content (AvgIpc) is 2.96. The number of carboxylic acid groups (broad SMARTS) is 1. The molecule has 0 atom stereocenters.